The largest absolute Gasteiger partial charge is 0.264 e. The van der Waals surface area contributed by atoms with Crippen LogP contribution in [-0.2, 0) is 0 Å². The van der Waals surface area contributed by atoms with Crippen molar-refractivity contribution in [2.45, 2.75) is 6.92 Å². The Morgan fingerprint density at radius 1 is 1.00 bits per heavy atom. The van der Waals surface area contributed by atoms with Crippen LogP contribution in [0.3, 0.4) is 0 Å². The third-order valence-electron chi connectivity index (χ3n) is 1.67. The molecule has 0 aliphatic heterocycles. The average molecular weight is 145 g/mol. The molecule has 11 heavy (non-hydrogen) atoms. The molecule has 0 fully saturated rings. The van der Waals surface area contributed by atoms with E-state index in [1.807, 2.05) is 13.1 Å². The summed E-state index contributed by atoms with van der Waals surface area (Å²) in [7, 11) is 0. The van der Waals surface area contributed by atoms with Crippen LogP contribution in [-0.4, -0.2) is 15.2 Å². The van der Waals surface area contributed by atoms with Gasteiger partial charge in [0.25, 0.3) is 0 Å². The fraction of sp³-hybridized carbons (Fsp3) is 0.125. The second-order valence-electron chi connectivity index (χ2n) is 2.45. The molecule has 0 spiro atoms. The van der Waals surface area contributed by atoms with Crippen LogP contribution in [0.1, 0.15) is 5.56 Å². The van der Waals surface area contributed by atoms with Crippen LogP contribution >= 0.6 is 0 Å². The number of aryl methyl sites for hydroxylation is 1. The van der Waals surface area contributed by atoms with Gasteiger partial charge in [-0.2, -0.15) is 10.2 Å². The summed E-state index contributed by atoms with van der Waals surface area (Å²) in [5.41, 5.74) is 1.14. The van der Waals surface area contributed by atoms with E-state index in [1.54, 1.807) is 18.6 Å². The topological polar surface area (TPSA) is 38.7 Å². The zero-order valence-electron chi connectivity index (χ0n) is 6.15. The number of aromatic nitrogens is 3. The lowest BCUT2D eigenvalue weighted by molar-refractivity contribution is 1.05. The van der Waals surface area contributed by atoms with E-state index in [2.05, 4.69) is 15.2 Å². The molecular formula is C8H7N3. The predicted octanol–water partition coefficient (Wildman–Crippen LogP) is 1.33. The highest BCUT2D eigenvalue weighted by Gasteiger charge is 1.94. The van der Waals surface area contributed by atoms with Gasteiger partial charge in [-0.15, -0.1) is 0 Å². The molecule has 0 radical (unpaired) electrons. The molecule has 54 valence electrons. The number of hydrogen-bond donors (Lipinski definition) is 0. The van der Waals surface area contributed by atoms with E-state index in [0.29, 0.717) is 0 Å². The molecule has 2 aromatic heterocycles. The van der Waals surface area contributed by atoms with Gasteiger partial charge in [0.2, 0.25) is 0 Å². The first kappa shape index (κ1) is 6.22. The maximum atomic E-state index is 4.04. The molecule has 0 aromatic carbocycles. The minimum absolute atomic E-state index is 1.04. The van der Waals surface area contributed by atoms with E-state index in [1.165, 1.54) is 0 Å². The van der Waals surface area contributed by atoms with Gasteiger partial charge in [0.05, 0.1) is 12.4 Å². The van der Waals surface area contributed by atoms with E-state index in [9.17, 15) is 0 Å². The summed E-state index contributed by atoms with van der Waals surface area (Å²) < 4.78 is 0. The van der Waals surface area contributed by atoms with E-state index >= 15 is 0 Å². The Labute approximate surface area is 64.1 Å². The highest BCUT2D eigenvalue weighted by atomic mass is 15.1. The lowest BCUT2D eigenvalue weighted by atomic mass is 10.2. The second-order valence-corrected chi connectivity index (χ2v) is 2.45. The molecule has 0 aliphatic rings. The Hall–Kier alpha value is -1.51. The normalized spacial score (nSPS) is 10.3. The van der Waals surface area contributed by atoms with Crippen molar-refractivity contribution in [3.8, 4) is 0 Å². The first-order valence-corrected chi connectivity index (χ1v) is 3.39. The average Bonchev–Trinajstić information content (AvgIpc) is 2.06. The summed E-state index contributed by atoms with van der Waals surface area (Å²) in [6, 6.07) is 0. The van der Waals surface area contributed by atoms with Crippen molar-refractivity contribution in [2.75, 3.05) is 0 Å². The SMILES string of the molecule is Cc1cncc2cnncc12. The Kier molecular flexibility index (Phi) is 1.28. The molecule has 0 saturated carbocycles. The maximum Gasteiger partial charge on any atom is 0.0590 e. The zero-order chi connectivity index (χ0) is 7.68. The molecular weight excluding hydrogens is 138 g/mol. The lowest BCUT2D eigenvalue weighted by Crippen LogP contribution is -1.84. The Bertz CT molecular complexity index is 378. The molecule has 0 aliphatic carbocycles. The summed E-state index contributed by atoms with van der Waals surface area (Å²) in [6.07, 6.45) is 7.09. The molecule has 2 heterocycles. The van der Waals surface area contributed by atoms with Crippen molar-refractivity contribution in [2.24, 2.45) is 0 Å². The van der Waals surface area contributed by atoms with Crippen LogP contribution in [0.15, 0.2) is 24.8 Å². The highest BCUT2D eigenvalue weighted by Crippen LogP contribution is 2.12. The number of rotatable bonds is 0. The monoisotopic (exact) mass is 145 g/mol. The van der Waals surface area contributed by atoms with Gasteiger partial charge in [0.1, 0.15) is 0 Å². The van der Waals surface area contributed by atoms with Crippen molar-refractivity contribution in [3.05, 3.63) is 30.4 Å². The van der Waals surface area contributed by atoms with Crippen molar-refractivity contribution in [1.29, 1.82) is 0 Å². The maximum absolute atomic E-state index is 4.04. The summed E-state index contributed by atoms with van der Waals surface area (Å²) >= 11 is 0. The van der Waals surface area contributed by atoms with E-state index in [-0.39, 0.29) is 0 Å². The van der Waals surface area contributed by atoms with Gasteiger partial charge in [-0.25, -0.2) is 0 Å². The fourth-order valence-corrected chi connectivity index (χ4v) is 1.06. The van der Waals surface area contributed by atoms with Crippen LogP contribution in [0.25, 0.3) is 10.8 Å². The van der Waals surface area contributed by atoms with Crippen molar-refractivity contribution in [3.63, 3.8) is 0 Å². The van der Waals surface area contributed by atoms with Crippen LogP contribution in [0.5, 0.6) is 0 Å². The van der Waals surface area contributed by atoms with Crippen molar-refractivity contribution in [1.82, 2.24) is 15.2 Å². The summed E-state index contributed by atoms with van der Waals surface area (Å²) in [5, 5.41) is 9.72. The van der Waals surface area contributed by atoms with E-state index in [0.717, 1.165) is 16.3 Å². The molecule has 3 nitrogen and oxygen atoms in total. The van der Waals surface area contributed by atoms with E-state index < -0.39 is 0 Å². The number of pyridine rings is 1. The number of nitrogens with zero attached hydrogens (tertiary/aromatic N) is 3. The molecule has 0 N–H and O–H groups in total. The quantitative estimate of drug-likeness (QED) is 0.561. The van der Waals surface area contributed by atoms with Gasteiger partial charge < -0.3 is 0 Å². The summed E-state index contributed by atoms with van der Waals surface area (Å²) in [6.45, 7) is 2.01. The summed E-state index contributed by atoms with van der Waals surface area (Å²) in [4.78, 5) is 4.04. The minimum Gasteiger partial charge on any atom is -0.264 e. The first-order chi connectivity index (χ1) is 5.38. The van der Waals surface area contributed by atoms with Crippen molar-refractivity contribution < 1.29 is 0 Å². The Morgan fingerprint density at radius 3 is 2.64 bits per heavy atom. The van der Waals surface area contributed by atoms with Gasteiger partial charge in [-0.05, 0) is 12.5 Å². The minimum atomic E-state index is 1.04. The standard InChI is InChI=1S/C8H7N3/c1-6-2-9-3-7-4-10-11-5-8(6)7/h2-5H,1H3. The summed E-state index contributed by atoms with van der Waals surface area (Å²) in [5.74, 6) is 0. The number of fused-ring (bicyclic) bond motifs is 1. The molecule has 0 bridgehead atoms. The van der Waals surface area contributed by atoms with Gasteiger partial charge in [0.15, 0.2) is 0 Å². The molecule has 0 atom stereocenters. The highest BCUT2D eigenvalue weighted by molar-refractivity contribution is 5.82. The van der Waals surface area contributed by atoms with Crippen molar-refractivity contribution >= 4 is 10.8 Å². The van der Waals surface area contributed by atoms with Crippen LogP contribution in [0, 0.1) is 6.92 Å². The predicted molar refractivity (Wildman–Crippen MR) is 42.1 cm³/mol. The molecule has 0 amide bonds. The van der Waals surface area contributed by atoms with Crippen LogP contribution < -0.4 is 0 Å². The lowest BCUT2D eigenvalue weighted by Gasteiger charge is -1.96. The number of hydrogen-bond acceptors (Lipinski definition) is 3. The smallest absolute Gasteiger partial charge is 0.0590 e. The molecule has 2 rings (SSSR count). The van der Waals surface area contributed by atoms with Crippen LogP contribution in [0.4, 0.5) is 0 Å². The molecule has 0 saturated heterocycles. The Balaban J connectivity index is 2.91. The van der Waals surface area contributed by atoms with E-state index in [4.69, 9.17) is 0 Å². The first-order valence-electron chi connectivity index (χ1n) is 3.39. The van der Waals surface area contributed by atoms with Gasteiger partial charge in [0, 0.05) is 23.2 Å². The molecule has 3 heteroatoms. The molecule has 2 aromatic rings. The third-order valence-corrected chi connectivity index (χ3v) is 1.67. The van der Waals surface area contributed by atoms with Gasteiger partial charge in [-0.3, -0.25) is 4.98 Å². The van der Waals surface area contributed by atoms with Gasteiger partial charge >= 0.3 is 0 Å². The zero-order valence-corrected chi connectivity index (χ0v) is 6.15. The fourth-order valence-electron chi connectivity index (χ4n) is 1.06. The Morgan fingerprint density at radius 2 is 1.82 bits per heavy atom. The molecule has 0 unspecified atom stereocenters. The second kappa shape index (κ2) is 2.27. The van der Waals surface area contributed by atoms with Gasteiger partial charge in [-0.1, -0.05) is 0 Å². The third kappa shape index (κ3) is 0.941. The van der Waals surface area contributed by atoms with Crippen LogP contribution in [0.2, 0.25) is 0 Å².